The van der Waals surface area contributed by atoms with Crippen molar-refractivity contribution in [2.75, 3.05) is 19.7 Å². The Kier molecular flexibility index (Phi) is 5.10. The van der Waals surface area contributed by atoms with Crippen LogP contribution in [0.5, 0.6) is 0 Å². The fourth-order valence-electron chi connectivity index (χ4n) is 2.78. The molecule has 1 aliphatic rings. The number of rotatable bonds is 6. The zero-order valence-electron chi connectivity index (χ0n) is 13.7. The number of hydrogen-bond acceptors (Lipinski definition) is 4. The van der Waals surface area contributed by atoms with Crippen molar-refractivity contribution in [3.05, 3.63) is 35.9 Å². The monoisotopic (exact) mass is 330 g/mol. The van der Waals surface area contributed by atoms with Crippen LogP contribution in [-0.2, 0) is 4.74 Å². The van der Waals surface area contributed by atoms with Gasteiger partial charge in [-0.05, 0) is 31.4 Å². The Bertz CT molecular complexity index is 735. The Labute approximate surface area is 140 Å². The van der Waals surface area contributed by atoms with Gasteiger partial charge in [0.15, 0.2) is 5.69 Å². The molecule has 3 heterocycles. The minimum atomic E-state index is -0.304. The Morgan fingerprint density at radius 1 is 1.33 bits per heavy atom. The van der Waals surface area contributed by atoms with E-state index in [0.717, 1.165) is 25.9 Å². The maximum absolute atomic E-state index is 12.5. The summed E-state index contributed by atoms with van der Waals surface area (Å²) in [6.07, 6.45) is 4.61. The number of carbonyl (C=O) groups excluding carboxylic acids is 2. The van der Waals surface area contributed by atoms with Gasteiger partial charge in [0.1, 0.15) is 0 Å². The number of nitrogens with zero attached hydrogens (tertiary/aromatic N) is 2. The lowest BCUT2D eigenvalue weighted by molar-refractivity contribution is 0.0848. The highest BCUT2D eigenvalue weighted by Crippen LogP contribution is 2.14. The van der Waals surface area contributed by atoms with E-state index in [9.17, 15) is 9.59 Å². The fourth-order valence-corrected chi connectivity index (χ4v) is 2.78. The minimum absolute atomic E-state index is 0.0625. The Balaban J connectivity index is 1.81. The standard InChI is InChI=1S/C17H22N4O3/c1-2-8-18-16(22)14-13-7-3-4-9-21(13)15(20-14)17(23)19-11-12-6-5-10-24-12/h3-4,7,9,12H,2,5-6,8,10-11H2,1H3,(H,18,22)(H,19,23). The average Bonchev–Trinajstić information content (AvgIpc) is 3.25. The first-order valence-electron chi connectivity index (χ1n) is 8.35. The molecular weight excluding hydrogens is 308 g/mol. The van der Waals surface area contributed by atoms with Gasteiger partial charge in [-0.2, -0.15) is 0 Å². The molecule has 0 aromatic carbocycles. The number of ether oxygens (including phenoxy) is 1. The average molecular weight is 330 g/mol. The van der Waals surface area contributed by atoms with Crippen molar-refractivity contribution in [3.63, 3.8) is 0 Å². The van der Waals surface area contributed by atoms with Crippen molar-refractivity contribution in [3.8, 4) is 0 Å². The van der Waals surface area contributed by atoms with Crippen molar-refractivity contribution in [1.29, 1.82) is 0 Å². The fraction of sp³-hybridized carbons (Fsp3) is 0.471. The summed E-state index contributed by atoms with van der Waals surface area (Å²) in [6, 6.07) is 5.41. The topological polar surface area (TPSA) is 84.7 Å². The predicted octanol–water partition coefficient (Wildman–Crippen LogP) is 1.38. The van der Waals surface area contributed by atoms with Crippen LogP contribution < -0.4 is 10.6 Å². The van der Waals surface area contributed by atoms with Gasteiger partial charge in [0.05, 0.1) is 11.6 Å². The number of carbonyl (C=O) groups is 2. The summed E-state index contributed by atoms with van der Waals surface area (Å²) in [5.74, 6) is -0.356. The first-order chi connectivity index (χ1) is 11.7. The third kappa shape index (κ3) is 3.41. The smallest absolute Gasteiger partial charge is 0.287 e. The molecule has 128 valence electrons. The molecule has 2 aromatic heterocycles. The lowest BCUT2D eigenvalue weighted by Gasteiger charge is -2.10. The van der Waals surface area contributed by atoms with Crippen molar-refractivity contribution in [1.82, 2.24) is 20.0 Å². The van der Waals surface area contributed by atoms with Crippen LogP contribution in [0, 0.1) is 0 Å². The normalized spacial score (nSPS) is 17.1. The van der Waals surface area contributed by atoms with E-state index in [1.807, 2.05) is 13.0 Å². The van der Waals surface area contributed by atoms with Crippen molar-refractivity contribution in [2.24, 2.45) is 0 Å². The molecule has 3 rings (SSSR count). The molecule has 2 N–H and O–H groups in total. The second-order valence-electron chi connectivity index (χ2n) is 5.84. The molecule has 1 atom stereocenters. The summed E-state index contributed by atoms with van der Waals surface area (Å²) in [5.41, 5.74) is 0.889. The Morgan fingerprint density at radius 3 is 2.96 bits per heavy atom. The molecular formula is C17H22N4O3. The molecule has 1 aliphatic heterocycles. The summed E-state index contributed by atoms with van der Waals surface area (Å²) in [7, 11) is 0. The van der Waals surface area contributed by atoms with Gasteiger partial charge < -0.3 is 15.4 Å². The second-order valence-corrected chi connectivity index (χ2v) is 5.84. The number of imidazole rings is 1. The molecule has 0 bridgehead atoms. The number of nitrogens with one attached hydrogen (secondary N) is 2. The second kappa shape index (κ2) is 7.44. The molecule has 0 saturated carbocycles. The summed E-state index contributed by atoms with van der Waals surface area (Å²) in [5, 5.41) is 5.65. The highest BCUT2D eigenvalue weighted by atomic mass is 16.5. The van der Waals surface area contributed by atoms with Crippen LogP contribution >= 0.6 is 0 Å². The highest BCUT2D eigenvalue weighted by Gasteiger charge is 2.22. The van der Waals surface area contributed by atoms with Crippen molar-refractivity contribution >= 4 is 17.3 Å². The Morgan fingerprint density at radius 2 is 2.21 bits per heavy atom. The van der Waals surface area contributed by atoms with Gasteiger partial charge in [0.25, 0.3) is 11.8 Å². The van der Waals surface area contributed by atoms with E-state index in [-0.39, 0.29) is 29.4 Å². The zero-order chi connectivity index (χ0) is 16.9. The van der Waals surface area contributed by atoms with Gasteiger partial charge in [-0.25, -0.2) is 4.98 Å². The van der Waals surface area contributed by atoms with Crippen LogP contribution in [0.1, 0.15) is 47.3 Å². The third-order valence-corrected chi connectivity index (χ3v) is 4.02. The molecule has 24 heavy (non-hydrogen) atoms. The van der Waals surface area contributed by atoms with Gasteiger partial charge in [0, 0.05) is 25.9 Å². The maximum atomic E-state index is 12.5. The van der Waals surface area contributed by atoms with E-state index in [1.54, 1.807) is 22.7 Å². The number of fused-ring (bicyclic) bond motifs is 1. The van der Waals surface area contributed by atoms with Crippen LogP contribution in [0.2, 0.25) is 0 Å². The lowest BCUT2D eigenvalue weighted by Crippen LogP contribution is -2.33. The molecule has 0 aliphatic carbocycles. The van der Waals surface area contributed by atoms with E-state index < -0.39 is 0 Å². The van der Waals surface area contributed by atoms with Gasteiger partial charge >= 0.3 is 0 Å². The molecule has 2 amide bonds. The Hall–Kier alpha value is -2.41. The molecule has 7 nitrogen and oxygen atoms in total. The first kappa shape index (κ1) is 16.4. The van der Waals surface area contributed by atoms with Crippen molar-refractivity contribution in [2.45, 2.75) is 32.3 Å². The summed E-state index contributed by atoms with van der Waals surface area (Å²) < 4.78 is 7.15. The molecule has 1 fully saturated rings. The van der Waals surface area contributed by atoms with Crippen molar-refractivity contribution < 1.29 is 14.3 Å². The van der Waals surface area contributed by atoms with Gasteiger partial charge in [-0.1, -0.05) is 13.0 Å². The molecule has 1 unspecified atom stereocenters. The molecule has 7 heteroatoms. The number of pyridine rings is 1. The van der Waals surface area contributed by atoms with Crippen LogP contribution in [0.15, 0.2) is 24.4 Å². The van der Waals surface area contributed by atoms with Crippen LogP contribution in [0.4, 0.5) is 0 Å². The van der Waals surface area contributed by atoms with E-state index in [4.69, 9.17) is 4.74 Å². The quantitative estimate of drug-likeness (QED) is 0.838. The van der Waals surface area contributed by atoms with E-state index in [1.165, 1.54) is 0 Å². The van der Waals surface area contributed by atoms with Crippen LogP contribution in [0.25, 0.3) is 5.52 Å². The third-order valence-electron chi connectivity index (χ3n) is 4.02. The number of hydrogen-bond donors (Lipinski definition) is 2. The maximum Gasteiger partial charge on any atom is 0.287 e. The molecule has 0 radical (unpaired) electrons. The lowest BCUT2D eigenvalue weighted by atomic mass is 10.2. The minimum Gasteiger partial charge on any atom is -0.376 e. The van der Waals surface area contributed by atoms with Gasteiger partial charge in [-0.3, -0.25) is 14.0 Å². The van der Waals surface area contributed by atoms with Crippen LogP contribution in [0.3, 0.4) is 0 Å². The van der Waals surface area contributed by atoms with E-state index in [2.05, 4.69) is 15.6 Å². The summed E-state index contributed by atoms with van der Waals surface area (Å²) in [4.78, 5) is 29.1. The van der Waals surface area contributed by atoms with E-state index >= 15 is 0 Å². The summed E-state index contributed by atoms with van der Waals surface area (Å²) >= 11 is 0. The largest absolute Gasteiger partial charge is 0.376 e. The summed E-state index contributed by atoms with van der Waals surface area (Å²) in [6.45, 7) is 3.76. The highest BCUT2D eigenvalue weighted by molar-refractivity contribution is 6.02. The molecule has 1 saturated heterocycles. The van der Waals surface area contributed by atoms with Crippen LogP contribution in [-0.4, -0.2) is 47.0 Å². The molecule has 0 spiro atoms. The SMILES string of the molecule is CCCNC(=O)c1nc(C(=O)NCC2CCCO2)n2ccccc12. The molecule has 2 aromatic rings. The van der Waals surface area contributed by atoms with Gasteiger partial charge in [0.2, 0.25) is 5.82 Å². The zero-order valence-corrected chi connectivity index (χ0v) is 13.7. The van der Waals surface area contributed by atoms with E-state index in [0.29, 0.717) is 18.6 Å². The number of aromatic nitrogens is 2. The predicted molar refractivity (Wildman–Crippen MR) is 89.1 cm³/mol. The number of amides is 2. The van der Waals surface area contributed by atoms with Gasteiger partial charge in [-0.15, -0.1) is 0 Å². The first-order valence-corrected chi connectivity index (χ1v) is 8.35.